The van der Waals surface area contributed by atoms with E-state index in [0.29, 0.717) is 47.8 Å². The molecule has 6 rings (SSSR count). The van der Waals surface area contributed by atoms with Crippen LogP contribution in [-0.2, 0) is 20.1 Å². The molecule has 0 radical (unpaired) electrons. The summed E-state index contributed by atoms with van der Waals surface area (Å²) >= 11 is 0. The van der Waals surface area contributed by atoms with Crippen molar-refractivity contribution < 1.29 is 15.0 Å². The van der Waals surface area contributed by atoms with Crippen LogP contribution in [0.5, 0.6) is 0 Å². The number of fused-ring (bicyclic) bond motifs is 1. The summed E-state index contributed by atoms with van der Waals surface area (Å²) in [6, 6.07) is 17.2. The van der Waals surface area contributed by atoms with Gasteiger partial charge in [-0.05, 0) is 60.0 Å². The molecule has 46 heavy (non-hydrogen) atoms. The summed E-state index contributed by atoms with van der Waals surface area (Å²) in [5, 5.41) is 23.0. The Kier molecular flexibility index (Phi) is 9.07. The maximum absolute atomic E-state index is 13.7. The van der Waals surface area contributed by atoms with Crippen LogP contribution >= 0.6 is 0 Å². The monoisotopic (exact) mass is 623 g/mol. The normalized spacial score (nSPS) is 15.2. The van der Waals surface area contributed by atoms with Gasteiger partial charge in [0.05, 0.1) is 30.8 Å². The van der Waals surface area contributed by atoms with E-state index < -0.39 is 0 Å². The molecule has 0 atom stereocenters. The van der Waals surface area contributed by atoms with Crippen LogP contribution < -0.4 is 25.6 Å². The molecule has 2 aromatic heterocycles. The zero-order valence-corrected chi connectivity index (χ0v) is 26.6. The predicted octanol–water partition coefficient (Wildman–Crippen LogP) is 3.07. The number of pyridine rings is 2. The average molecular weight is 624 g/mol. The number of aryl methyl sites for hydroxylation is 1. The Morgan fingerprint density at radius 1 is 0.935 bits per heavy atom. The quantitative estimate of drug-likeness (QED) is 0.259. The van der Waals surface area contributed by atoms with E-state index in [2.05, 4.69) is 26.2 Å². The number of piperazine rings is 1. The molecule has 1 fully saturated rings. The number of aromatic nitrogens is 2. The maximum atomic E-state index is 13.7. The topological polar surface area (TPSA) is 117 Å². The predicted molar refractivity (Wildman–Crippen MR) is 182 cm³/mol. The first-order valence-electron chi connectivity index (χ1n) is 15.6. The molecule has 4 aromatic rings. The minimum Gasteiger partial charge on any atom is -0.395 e. The smallest absolute Gasteiger partial charge is 0.274 e. The van der Waals surface area contributed by atoms with E-state index in [9.17, 15) is 19.8 Å². The van der Waals surface area contributed by atoms with Crippen LogP contribution in [0.3, 0.4) is 0 Å². The highest BCUT2D eigenvalue weighted by molar-refractivity contribution is 6.09. The van der Waals surface area contributed by atoms with Gasteiger partial charge in [-0.2, -0.15) is 0 Å². The molecule has 0 aliphatic carbocycles. The fourth-order valence-electron chi connectivity index (χ4n) is 6.35. The number of carbonyl (C=O) groups is 1. The molecule has 0 bridgehead atoms. The summed E-state index contributed by atoms with van der Waals surface area (Å²) in [4.78, 5) is 39.7. The van der Waals surface area contributed by atoms with Gasteiger partial charge in [-0.3, -0.25) is 14.5 Å². The lowest BCUT2D eigenvalue weighted by molar-refractivity contribution is 0.0980. The third-order valence-electron chi connectivity index (χ3n) is 8.94. The van der Waals surface area contributed by atoms with Crippen LogP contribution in [0.4, 0.5) is 28.6 Å². The highest BCUT2D eigenvalue weighted by Gasteiger charge is 2.28. The summed E-state index contributed by atoms with van der Waals surface area (Å²) in [5.41, 5.74) is 6.64. The highest BCUT2D eigenvalue weighted by atomic mass is 16.3. The molecule has 0 saturated carbocycles. The van der Waals surface area contributed by atoms with Crippen LogP contribution in [0.25, 0.3) is 11.1 Å². The van der Waals surface area contributed by atoms with Gasteiger partial charge < -0.3 is 34.8 Å². The van der Waals surface area contributed by atoms with Crippen molar-refractivity contribution in [3.63, 3.8) is 0 Å². The Morgan fingerprint density at radius 2 is 1.74 bits per heavy atom. The molecule has 2 aliphatic rings. The van der Waals surface area contributed by atoms with E-state index in [1.165, 1.54) is 4.57 Å². The molecule has 3 N–H and O–H groups in total. The van der Waals surface area contributed by atoms with E-state index in [1.807, 2.05) is 61.5 Å². The van der Waals surface area contributed by atoms with Crippen molar-refractivity contribution >= 4 is 34.5 Å². The molecule has 1 saturated heterocycles. The number of anilines is 5. The number of nitrogens with zero attached hydrogens (tertiary/aromatic N) is 6. The van der Waals surface area contributed by atoms with Gasteiger partial charge in [0.15, 0.2) is 0 Å². The van der Waals surface area contributed by atoms with Crippen molar-refractivity contribution in [3.05, 3.63) is 94.0 Å². The first kappa shape index (κ1) is 31.3. The van der Waals surface area contributed by atoms with E-state index in [-0.39, 0.29) is 24.7 Å². The zero-order valence-electron chi connectivity index (χ0n) is 26.6. The van der Waals surface area contributed by atoms with E-state index in [1.54, 1.807) is 30.4 Å². The molecule has 2 aromatic carbocycles. The van der Waals surface area contributed by atoms with Gasteiger partial charge in [0.1, 0.15) is 11.5 Å². The Labute approximate surface area is 268 Å². The van der Waals surface area contributed by atoms with Crippen molar-refractivity contribution in [1.82, 2.24) is 14.5 Å². The minimum atomic E-state index is -0.273. The molecule has 11 heteroatoms. The third kappa shape index (κ3) is 6.21. The van der Waals surface area contributed by atoms with Crippen LogP contribution in [-0.4, -0.2) is 90.5 Å². The lowest BCUT2D eigenvalue weighted by Crippen LogP contribution is -2.47. The number of carbonyl (C=O) groups excluding carboxylic acids is 1. The second-order valence-corrected chi connectivity index (χ2v) is 12.0. The van der Waals surface area contributed by atoms with Gasteiger partial charge >= 0.3 is 0 Å². The largest absolute Gasteiger partial charge is 0.395 e. The summed E-state index contributed by atoms with van der Waals surface area (Å²) in [6.45, 7) is 4.57. The summed E-state index contributed by atoms with van der Waals surface area (Å²) in [6.07, 6.45) is 4.26. The molecule has 4 heterocycles. The number of benzene rings is 2. The minimum absolute atomic E-state index is 0.0946. The molecule has 1 amide bonds. The lowest BCUT2D eigenvalue weighted by Gasteiger charge is -2.35. The maximum Gasteiger partial charge on any atom is 0.274 e. The number of hydrogen-bond acceptors (Lipinski definition) is 9. The fraction of sp³-hybridized carbons (Fsp3) is 0.343. The number of β-amino-alcohol motifs (C(OH)–C–C–N with tert-alkyl or cyclic N) is 1. The van der Waals surface area contributed by atoms with Crippen molar-refractivity contribution in [2.24, 2.45) is 7.05 Å². The molecule has 0 spiro atoms. The van der Waals surface area contributed by atoms with Gasteiger partial charge in [-0.25, -0.2) is 4.98 Å². The number of aliphatic hydroxyl groups is 2. The van der Waals surface area contributed by atoms with E-state index >= 15 is 0 Å². The first-order chi connectivity index (χ1) is 22.3. The van der Waals surface area contributed by atoms with Gasteiger partial charge in [-0.15, -0.1) is 0 Å². The lowest BCUT2D eigenvalue weighted by atomic mass is 9.94. The zero-order chi connectivity index (χ0) is 32.4. The van der Waals surface area contributed by atoms with Crippen LogP contribution in [0.1, 0.15) is 21.5 Å². The Balaban J connectivity index is 1.25. The second-order valence-electron chi connectivity index (χ2n) is 12.0. The fourth-order valence-corrected chi connectivity index (χ4v) is 6.35. The van der Waals surface area contributed by atoms with Crippen molar-refractivity contribution in [3.8, 4) is 11.1 Å². The van der Waals surface area contributed by atoms with Gasteiger partial charge in [-0.1, -0.05) is 12.1 Å². The third-order valence-corrected chi connectivity index (χ3v) is 8.94. The number of nitrogens with one attached hydrogen (secondary N) is 1. The van der Waals surface area contributed by atoms with E-state index in [0.717, 1.165) is 54.2 Å². The highest BCUT2D eigenvalue weighted by Crippen LogP contribution is 2.35. The molecule has 240 valence electrons. The summed E-state index contributed by atoms with van der Waals surface area (Å²) in [7, 11) is 5.66. The number of amides is 1. The number of hydrogen-bond donors (Lipinski definition) is 3. The SMILES string of the molecule is CN(C)c1ccc2c(c1)CCN(c1cccc(-c3cc(Nc4ccc(N5CCN(CCO)CC5)cn4)c(=O)n(C)c3)c1CO)C2=O. The summed E-state index contributed by atoms with van der Waals surface area (Å²) < 4.78 is 1.51. The number of rotatable bonds is 9. The van der Waals surface area contributed by atoms with Crippen LogP contribution in [0, 0.1) is 0 Å². The van der Waals surface area contributed by atoms with Crippen molar-refractivity contribution in [1.29, 1.82) is 0 Å². The molecule has 0 unspecified atom stereocenters. The van der Waals surface area contributed by atoms with Gasteiger partial charge in [0, 0.05) is 89.0 Å². The second kappa shape index (κ2) is 13.3. The standard InChI is InChI=1S/C35H41N7O4/c1-38(2)26-7-9-29-24(19-26)11-12-42(34(29)45)32-6-4-5-28(30(32)23-44)25-20-31(35(46)39(3)22-25)37-33-10-8-27(21-36-33)41-15-13-40(14-16-41)17-18-43/h4-10,19-22,43-44H,11-18,23H2,1-3H3,(H,36,37). The van der Waals surface area contributed by atoms with Gasteiger partial charge in [0.2, 0.25) is 0 Å². The summed E-state index contributed by atoms with van der Waals surface area (Å²) in [5.74, 6) is 0.450. The average Bonchev–Trinajstić information content (AvgIpc) is 3.07. The van der Waals surface area contributed by atoms with Crippen molar-refractivity contribution in [2.75, 3.05) is 80.0 Å². The Morgan fingerprint density at radius 3 is 2.43 bits per heavy atom. The van der Waals surface area contributed by atoms with Crippen LogP contribution in [0.2, 0.25) is 0 Å². The molecule has 2 aliphatic heterocycles. The van der Waals surface area contributed by atoms with Gasteiger partial charge in [0.25, 0.3) is 11.5 Å². The Hall–Kier alpha value is -4.71. The van der Waals surface area contributed by atoms with Crippen LogP contribution in [0.15, 0.2) is 71.8 Å². The number of aliphatic hydroxyl groups excluding tert-OH is 2. The molecular formula is C35H41N7O4. The first-order valence-corrected chi connectivity index (χ1v) is 15.6. The molecule has 11 nitrogen and oxygen atoms in total. The Bertz CT molecular complexity index is 1780. The molecular weight excluding hydrogens is 582 g/mol. The van der Waals surface area contributed by atoms with Crippen molar-refractivity contribution in [2.45, 2.75) is 13.0 Å². The van der Waals surface area contributed by atoms with E-state index in [4.69, 9.17) is 0 Å².